The third-order valence-corrected chi connectivity index (χ3v) is 2.39. The first-order chi connectivity index (χ1) is 5.70. The van der Waals surface area contributed by atoms with Crippen molar-refractivity contribution in [3.05, 3.63) is 0 Å². The minimum atomic E-state index is 0.190. The Hall–Kier alpha value is -0.770. The van der Waals surface area contributed by atoms with Crippen LogP contribution in [0.3, 0.4) is 0 Å². The normalized spacial score (nSPS) is 25.8. The molecule has 1 heterocycles. The van der Waals surface area contributed by atoms with Crippen molar-refractivity contribution in [3.63, 3.8) is 0 Å². The summed E-state index contributed by atoms with van der Waals surface area (Å²) in [7, 11) is 1.72. The van der Waals surface area contributed by atoms with Gasteiger partial charge in [0.15, 0.2) is 5.96 Å². The van der Waals surface area contributed by atoms with E-state index in [2.05, 4.69) is 16.8 Å². The van der Waals surface area contributed by atoms with Crippen LogP contribution < -0.4 is 5.73 Å². The molecule has 1 aliphatic heterocycles. The van der Waals surface area contributed by atoms with E-state index in [0.717, 1.165) is 13.1 Å². The number of ether oxygens (including phenoxy) is 1. The standard InChI is InChI=1S/C8H17N3O/c1-4-11-7(6(2)12-3)5-10-8(11)9/h6-7H,4-5H2,1-3H3,(H2,9,10). The maximum Gasteiger partial charge on any atom is 0.191 e. The zero-order valence-electron chi connectivity index (χ0n) is 7.95. The van der Waals surface area contributed by atoms with Crippen molar-refractivity contribution in [1.29, 1.82) is 0 Å². The number of nitrogens with two attached hydrogens (primary N) is 1. The Bertz CT molecular complexity index is 181. The topological polar surface area (TPSA) is 50.8 Å². The molecule has 70 valence electrons. The van der Waals surface area contributed by atoms with Crippen LogP contribution in [0.5, 0.6) is 0 Å². The molecule has 0 radical (unpaired) electrons. The summed E-state index contributed by atoms with van der Waals surface area (Å²) < 4.78 is 5.24. The van der Waals surface area contributed by atoms with Crippen LogP contribution in [0, 0.1) is 0 Å². The van der Waals surface area contributed by atoms with Crippen molar-refractivity contribution in [2.24, 2.45) is 10.7 Å². The third-order valence-electron chi connectivity index (χ3n) is 2.39. The molecule has 0 aromatic carbocycles. The van der Waals surface area contributed by atoms with Gasteiger partial charge in [0.1, 0.15) is 0 Å². The molecule has 0 fully saturated rings. The summed E-state index contributed by atoms with van der Waals surface area (Å²) >= 11 is 0. The summed E-state index contributed by atoms with van der Waals surface area (Å²) in [5.41, 5.74) is 5.69. The molecule has 0 spiro atoms. The van der Waals surface area contributed by atoms with Gasteiger partial charge in [-0.25, -0.2) is 0 Å². The largest absolute Gasteiger partial charge is 0.380 e. The minimum absolute atomic E-state index is 0.190. The second-order valence-corrected chi connectivity index (χ2v) is 2.99. The molecule has 4 heteroatoms. The maximum atomic E-state index is 5.69. The van der Waals surface area contributed by atoms with E-state index in [0.29, 0.717) is 12.0 Å². The Labute approximate surface area is 73.4 Å². The Morgan fingerprint density at radius 3 is 3.00 bits per heavy atom. The second kappa shape index (κ2) is 3.76. The van der Waals surface area contributed by atoms with E-state index in [-0.39, 0.29) is 6.10 Å². The van der Waals surface area contributed by atoms with Gasteiger partial charge in [0.25, 0.3) is 0 Å². The highest BCUT2D eigenvalue weighted by atomic mass is 16.5. The Morgan fingerprint density at radius 2 is 2.50 bits per heavy atom. The lowest BCUT2D eigenvalue weighted by Gasteiger charge is -2.28. The molecular weight excluding hydrogens is 154 g/mol. The summed E-state index contributed by atoms with van der Waals surface area (Å²) in [4.78, 5) is 6.26. The molecule has 1 aliphatic rings. The van der Waals surface area contributed by atoms with Gasteiger partial charge in [-0.1, -0.05) is 0 Å². The maximum absolute atomic E-state index is 5.69. The minimum Gasteiger partial charge on any atom is -0.380 e. The molecular formula is C8H17N3O. The fourth-order valence-corrected chi connectivity index (χ4v) is 1.50. The molecule has 0 bridgehead atoms. The highest BCUT2D eigenvalue weighted by Gasteiger charge is 2.29. The summed E-state index contributed by atoms with van der Waals surface area (Å²) in [6.07, 6.45) is 0.190. The number of rotatable bonds is 3. The van der Waals surface area contributed by atoms with E-state index in [9.17, 15) is 0 Å². The summed E-state index contributed by atoms with van der Waals surface area (Å²) in [6.45, 7) is 5.77. The van der Waals surface area contributed by atoms with Crippen molar-refractivity contribution < 1.29 is 4.74 Å². The zero-order valence-corrected chi connectivity index (χ0v) is 7.95. The van der Waals surface area contributed by atoms with Gasteiger partial charge in [0, 0.05) is 13.7 Å². The number of nitrogens with zero attached hydrogens (tertiary/aromatic N) is 2. The van der Waals surface area contributed by atoms with Gasteiger partial charge in [0.2, 0.25) is 0 Å². The van der Waals surface area contributed by atoms with Gasteiger partial charge in [-0.2, -0.15) is 0 Å². The van der Waals surface area contributed by atoms with Crippen LogP contribution in [0.1, 0.15) is 13.8 Å². The van der Waals surface area contributed by atoms with Crippen LogP contribution in [0.2, 0.25) is 0 Å². The quantitative estimate of drug-likeness (QED) is 0.652. The second-order valence-electron chi connectivity index (χ2n) is 2.99. The van der Waals surface area contributed by atoms with Gasteiger partial charge in [0.05, 0.1) is 18.7 Å². The summed E-state index contributed by atoms with van der Waals surface area (Å²) in [5.74, 6) is 0.645. The van der Waals surface area contributed by atoms with E-state index in [1.54, 1.807) is 7.11 Å². The van der Waals surface area contributed by atoms with Crippen molar-refractivity contribution in [2.45, 2.75) is 26.0 Å². The fourth-order valence-electron chi connectivity index (χ4n) is 1.50. The molecule has 0 aromatic rings. The molecule has 0 aliphatic carbocycles. The lowest BCUT2D eigenvalue weighted by atomic mass is 10.1. The van der Waals surface area contributed by atoms with Crippen molar-refractivity contribution in [2.75, 3.05) is 20.2 Å². The molecule has 0 saturated carbocycles. The molecule has 2 unspecified atom stereocenters. The highest BCUT2D eigenvalue weighted by Crippen LogP contribution is 2.13. The first-order valence-corrected chi connectivity index (χ1v) is 4.30. The molecule has 12 heavy (non-hydrogen) atoms. The number of hydrogen-bond acceptors (Lipinski definition) is 4. The van der Waals surface area contributed by atoms with E-state index < -0.39 is 0 Å². The lowest BCUT2D eigenvalue weighted by Crippen LogP contribution is -2.46. The number of methoxy groups -OCH3 is 1. The van der Waals surface area contributed by atoms with Gasteiger partial charge in [-0.05, 0) is 13.8 Å². The average Bonchev–Trinajstić information content (AvgIpc) is 2.45. The van der Waals surface area contributed by atoms with Crippen LogP contribution in [-0.2, 0) is 4.74 Å². The lowest BCUT2D eigenvalue weighted by molar-refractivity contribution is 0.0620. The van der Waals surface area contributed by atoms with E-state index in [1.165, 1.54) is 0 Å². The van der Waals surface area contributed by atoms with Crippen LogP contribution in [0.25, 0.3) is 0 Å². The third kappa shape index (κ3) is 1.53. The van der Waals surface area contributed by atoms with Crippen LogP contribution in [-0.4, -0.2) is 43.2 Å². The van der Waals surface area contributed by atoms with Crippen LogP contribution in [0.15, 0.2) is 4.99 Å². The zero-order chi connectivity index (χ0) is 9.14. The number of aliphatic imine (C=N–C) groups is 1. The highest BCUT2D eigenvalue weighted by molar-refractivity contribution is 5.80. The molecule has 0 aromatic heterocycles. The smallest absolute Gasteiger partial charge is 0.191 e. The Kier molecular flexibility index (Phi) is 2.92. The van der Waals surface area contributed by atoms with E-state index >= 15 is 0 Å². The predicted octanol–water partition coefficient (Wildman–Crippen LogP) is 0.0401. The first-order valence-electron chi connectivity index (χ1n) is 4.30. The molecule has 2 N–H and O–H groups in total. The van der Waals surface area contributed by atoms with Crippen molar-refractivity contribution in [3.8, 4) is 0 Å². The van der Waals surface area contributed by atoms with Gasteiger partial charge in [-0.3, -0.25) is 4.99 Å². The van der Waals surface area contributed by atoms with E-state index in [1.807, 2.05) is 6.92 Å². The molecule has 4 nitrogen and oxygen atoms in total. The number of hydrogen-bond donors (Lipinski definition) is 1. The predicted molar refractivity (Wildman–Crippen MR) is 49.1 cm³/mol. The Morgan fingerprint density at radius 1 is 1.83 bits per heavy atom. The number of likely N-dealkylation sites (N-methyl/N-ethyl adjacent to an activating group) is 1. The molecule has 0 amide bonds. The summed E-state index contributed by atoms with van der Waals surface area (Å²) in [6, 6.07) is 0.319. The van der Waals surface area contributed by atoms with Gasteiger partial charge in [-0.15, -0.1) is 0 Å². The fraction of sp³-hybridized carbons (Fsp3) is 0.875. The Balaban J connectivity index is 2.59. The van der Waals surface area contributed by atoms with E-state index in [4.69, 9.17) is 10.5 Å². The molecule has 1 rings (SSSR count). The van der Waals surface area contributed by atoms with Crippen molar-refractivity contribution in [1.82, 2.24) is 4.90 Å². The van der Waals surface area contributed by atoms with Crippen LogP contribution in [0.4, 0.5) is 0 Å². The average molecular weight is 171 g/mol. The van der Waals surface area contributed by atoms with Crippen molar-refractivity contribution >= 4 is 5.96 Å². The first kappa shape index (κ1) is 9.32. The summed E-state index contributed by atoms with van der Waals surface area (Å²) in [5, 5.41) is 0. The molecule has 2 atom stereocenters. The van der Waals surface area contributed by atoms with Gasteiger partial charge >= 0.3 is 0 Å². The SMILES string of the molecule is CCN1C(N)=NCC1C(C)OC. The molecule has 0 saturated heterocycles. The van der Waals surface area contributed by atoms with Gasteiger partial charge < -0.3 is 15.4 Å². The monoisotopic (exact) mass is 171 g/mol. The number of guanidine groups is 1. The van der Waals surface area contributed by atoms with Crippen LogP contribution >= 0.6 is 0 Å².